The van der Waals surface area contributed by atoms with Crippen molar-refractivity contribution in [2.75, 3.05) is 20.1 Å². The van der Waals surface area contributed by atoms with Gasteiger partial charge in [0.1, 0.15) is 6.17 Å². The molecule has 0 radical (unpaired) electrons. The fraction of sp³-hybridized carbons (Fsp3) is 1.00. The molecule has 1 rings (SSSR count). The van der Waals surface area contributed by atoms with E-state index in [0.717, 1.165) is 13.0 Å². The van der Waals surface area contributed by atoms with Crippen molar-refractivity contribution < 1.29 is 4.39 Å². The number of hydrogen-bond acceptors (Lipinski definition) is 1. The van der Waals surface area contributed by atoms with Crippen molar-refractivity contribution in [3.63, 3.8) is 0 Å². The summed E-state index contributed by atoms with van der Waals surface area (Å²) < 4.78 is 12.8. The molecular weight excluding hydrogens is 117 g/mol. The third-order valence-electron chi connectivity index (χ3n) is 2.07. The fourth-order valence-corrected chi connectivity index (χ4v) is 1.17. The Bertz CT molecular complexity index is 94.9. The van der Waals surface area contributed by atoms with E-state index in [1.165, 1.54) is 0 Å². The molecule has 0 aromatic heterocycles. The van der Waals surface area contributed by atoms with Crippen LogP contribution < -0.4 is 0 Å². The van der Waals surface area contributed by atoms with E-state index in [1.807, 2.05) is 18.9 Å². The van der Waals surface area contributed by atoms with Crippen molar-refractivity contribution in [1.82, 2.24) is 4.90 Å². The Balaban J connectivity index is 2.35. The van der Waals surface area contributed by atoms with Crippen LogP contribution in [-0.2, 0) is 0 Å². The van der Waals surface area contributed by atoms with Crippen LogP contribution >= 0.6 is 0 Å². The first kappa shape index (κ1) is 7.00. The first-order chi connectivity index (χ1) is 4.20. The number of rotatable bonds is 0. The van der Waals surface area contributed by atoms with Crippen LogP contribution in [0.3, 0.4) is 0 Å². The van der Waals surface area contributed by atoms with Gasteiger partial charge in [-0.25, -0.2) is 4.39 Å². The molecule has 54 valence electrons. The quantitative estimate of drug-likeness (QED) is 0.479. The summed E-state index contributed by atoms with van der Waals surface area (Å²) in [7, 11) is 1.97. The molecule has 1 aliphatic heterocycles. The molecule has 0 bridgehead atoms. The molecule has 1 aliphatic rings. The van der Waals surface area contributed by atoms with E-state index in [4.69, 9.17) is 0 Å². The summed E-state index contributed by atoms with van der Waals surface area (Å²) in [5, 5.41) is 0. The molecule has 0 amide bonds. The standard InChI is InChI=1S/C7H14FN/c1-6-3-4-9(2)5-7(6)8/h6-7H,3-5H2,1-2H3/t6?,7-/m1/s1. The first-order valence-electron chi connectivity index (χ1n) is 3.53. The summed E-state index contributed by atoms with van der Waals surface area (Å²) in [5.74, 6) is 0.279. The van der Waals surface area contributed by atoms with Gasteiger partial charge < -0.3 is 4.90 Å². The highest BCUT2D eigenvalue weighted by atomic mass is 19.1. The molecule has 0 N–H and O–H groups in total. The Morgan fingerprint density at radius 3 is 2.67 bits per heavy atom. The lowest BCUT2D eigenvalue weighted by Crippen LogP contribution is -2.38. The Morgan fingerprint density at radius 2 is 2.22 bits per heavy atom. The van der Waals surface area contributed by atoms with Gasteiger partial charge in [0.25, 0.3) is 0 Å². The minimum atomic E-state index is -0.594. The third kappa shape index (κ3) is 1.65. The zero-order valence-electron chi connectivity index (χ0n) is 6.10. The monoisotopic (exact) mass is 131 g/mol. The average Bonchev–Trinajstić information content (AvgIpc) is 1.80. The van der Waals surface area contributed by atoms with Gasteiger partial charge in [-0.05, 0) is 25.9 Å². The van der Waals surface area contributed by atoms with E-state index in [9.17, 15) is 4.39 Å². The number of alkyl halides is 1. The second-order valence-electron chi connectivity index (χ2n) is 3.04. The van der Waals surface area contributed by atoms with Gasteiger partial charge in [0.15, 0.2) is 0 Å². The Labute approximate surface area is 55.8 Å². The van der Waals surface area contributed by atoms with Gasteiger partial charge in [-0.15, -0.1) is 0 Å². The lowest BCUT2D eigenvalue weighted by Gasteiger charge is -2.29. The molecule has 1 fully saturated rings. The summed E-state index contributed by atoms with van der Waals surface area (Å²) >= 11 is 0. The Morgan fingerprint density at radius 1 is 1.56 bits per heavy atom. The summed E-state index contributed by atoms with van der Waals surface area (Å²) in [6, 6.07) is 0. The zero-order chi connectivity index (χ0) is 6.85. The van der Waals surface area contributed by atoms with E-state index in [0.29, 0.717) is 6.54 Å². The van der Waals surface area contributed by atoms with Gasteiger partial charge in [-0.2, -0.15) is 0 Å². The number of hydrogen-bond donors (Lipinski definition) is 0. The highest BCUT2D eigenvalue weighted by Gasteiger charge is 2.22. The molecule has 0 aromatic carbocycles. The fourth-order valence-electron chi connectivity index (χ4n) is 1.17. The predicted molar refractivity (Wildman–Crippen MR) is 36.2 cm³/mol. The minimum absolute atomic E-state index is 0.279. The van der Waals surface area contributed by atoms with Crippen LogP contribution in [0.1, 0.15) is 13.3 Å². The van der Waals surface area contributed by atoms with Crippen LogP contribution in [0.5, 0.6) is 0 Å². The van der Waals surface area contributed by atoms with Crippen LogP contribution in [0, 0.1) is 5.92 Å². The van der Waals surface area contributed by atoms with Gasteiger partial charge in [-0.3, -0.25) is 0 Å². The number of nitrogens with zero attached hydrogens (tertiary/aromatic N) is 1. The molecule has 0 aliphatic carbocycles. The predicted octanol–water partition coefficient (Wildman–Crippen LogP) is 1.30. The highest BCUT2D eigenvalue weighted by Crippen LogP contribution is 2.17. The molecule has 1 nitrogen and oxygen atoms in total. The summed E-state index contributed by atoms with van der Waals surface area (Å²) in [5.41, 5.74) is 0. The van der Waals surface area contributed by atoms with Crippen LogP contribution in [-0.4, -0.2) is 31.2 Å². The smallest absolute Gasteiger partial charge is 0.115 e. The van der Waals surface area contributed by atoms with Crippen molar-refractivity contribution in [2.24, 2.45) is 5.92 Å². The second kappa shape index (κ2) is 2.65. The number of halogens is 1. The lowest BCUT2D eigenvalue weighted by atomic mass is 9.98. The molecule has 2 heteroatoms. The molecule has 2 atom stereocenters. The topological polar surface area (TPSA) is 3.24 Å². The third-order valence-corrected chi connectivity index (χ3v) is 2.07. The first-order valence-corrected chi connectivity index (χ1v) is 3.53. The van der Waals surface area contributed by atoms with Crippen molar-refractivity contribution in [3.05, 3.63) is 0 Å². The van der Waals surface area contributed by atoms with Crippen molar-refractivity contribution >= 4 is 0 Å². The molecule has 1 heterocycles. The van der Waals surface area contributed by atoms with Crippen molar-refractivity contribution in [1.29, 1.82) is 0 Å². The Hall–Kier alpha value is -0.110. The largest absolute Gasteiger partial charge is 0.303 e. The van der Waals surface area contributed by atoms with Gasteiger partial charge in [0, 0.05) is 6.54 Å². The summed E-state index contributed by atoms with van der Waals surface area (Å²) in [6.07, 6.45) is 0.418. The average molecular weight is 131 g/mol. The molecule has 1 unspecified atom stereocenters. The van der Waals surface area contributed by atoms with Crippen LogP contribution in [0.25, 0.3) is 0 Å². The van der Waals surface area contributed by atoms with Crippen molar-refractivity contribution in [2.45, 2.75) is 19.5 Å². The van der Waals surface area contributed by atoms with E-state index in [-0.39, 0.29) is 5.92 Å². The van der Waals surface area contributed by atoms with E-state index < -0.39 is 6.17 Å². The molecule has 9 heavy (non-hydrogen) atoms. The van der Waals surface area contributed by atoms with Crippen LogP contribution in [0.4, 0.5) is 4.39 Å². The maximum absolute atomic E-state index is 12.8. The maximum Gasteiger partial charge on any atom is 0.115 e. The molecular formula is C7H14FN. The normalized spacial score (nSPS) is 39.0. The molecule has 0 saturated carbocycles. The maximum atomic E-state index is 12.8. The lowest BCUT2D eigenvalue weighted by molar-refractivity contribution is 0.112. The number of likely N-dealkylation sites (tertiary alicyclic amines) is 1. The van der Waals surface area contributed by atoms with E-state index >= 15 is 0 Å². The minimum Gasteiger partial charge on any atom is -0.303 e. The second-order valence-corrected chi connectivity index (χ2v) is 3.04. The van der Waals surface area contributed by atoms with E-state index in [2.05, 4.69) is 0 Å². The van der Waals surface area contributed by atoms with Crippen molar-refractivity contribution in [3.8, 4) is 0 Å². The van der Waals surface area contributed by atoms with Gasteiger partial charge >= 0.3 is 0 Å². The summed E-state index contributed by atoms with van der Waals surface area (Å²) in [6.45, 7) is 3.67. The Kier molecular flexibility index (Phi) is 2.06. The zero-order valence-corrected chi connectivity index (χ0v) is 6.10. The van der Waals surface area contributed by atoms with E-state index in [1.54, 1.807) is 0 Å². The molecule has 0 aromatic rings. The SMILES string of the molecule is CC1CCN(C)C[C@H]1F. The number of piperidine rings is 1. The highest BCUT2D eigenvalue weighted by molar-refractivity contribution is 4.74. The van der Waals surface area contributed by atoms with Crippen LogP contribution in [0.2, 0.25) is 0 Å². The molecule has 0 spiro atoms. The molecule has 1 saturated heterocycles. The van der Waals surface area contributed by atoms with Crippen LogP contribution in [0.15, 0.2) is 0 Å². The van der Waals surface area contributed by atoms with Gasteiger partial charge in [0.05, 0.1) is 0 Å². The summed E-state index contributed by atoms with van der Waals surface area (Å²) in [4.78, 5) is 2.05. The van der Waals surface area contributed by atoms with Gasteiger partial charge in [-0.1, -0.05) is 6.92 Å². The van der Waals surface area contributed by atoms with Gasteiger partial charge in [0.2, 0.25) is 0 Å².